The minimum atomic E-state index is -1.42. The second-order valence-corrected chi connectivity index (χ2v) is 3.12. The maximum atomic E-state index is 11.4. The molecule has 5 atom stereocenters. The van der Waals surface area contributed by atoms with Crippen LogP contribution in [0.4, 0.5) is 0 Å². The third kappa shape index (κ3) is 2.05. The quantitative estimate of drug-likeness (QED) is 0.529. The number of hydrogen-bond donors (Lipinski definition) is 2. The second-order valence-electron chi connectivity index (χ2n) is 3.12. The van der Waals surface area contributed by atoms with Gasteiger partial charge in [0.05, 0.1) is 12.7 Å². The maximum Gasteiger partial charge on any atom is 0.148 e. The minimum absolute atomic E-state index is 0.331. The molecule has 0 saturated carbocycles. The van der Waals surface area contributed by atoms with E-state index in [1.54, 1.807) is 0 Å². The molecule has 0 amide bonds. The number of hydrogen-bond acceptors (Lipinski definition) is 6. The highest BCUT2D eigenvalue weighted by Gasteiger charge is 2.40. The molecule has 1 rings (SSSR count). The summed E-state index contributed by atoms with van der Waals surface area (Å²) < 4.78 is 14.7. The average Bonchev–Trinajstić information content (AvgIpc) is 2.21. The molecule has 0 aromatic carbocycles. The number of ether oxygens (including phenoxy) is 3. The predicted molar refractivity (Wildman–Crippen MR) is 43.3 cm³/mol. The number of aliphatic hydroxyl groups is 2. The molecule has 2 N–H and O–H groups in total. The molecule has 1 saturated heterocycles. The van der Waals surface area contributed by atoms with Gasteiger partial charge in [0.1, 0.15) is 18.5 Å². The largest absolute Gasteiger partial charge is 0.846 e. The van der Waals surface area contributed by atoms with Crippen LogP contribution in [0, 0.1) is 0 Å². The summed E-state index contributed by atoms with van der Waals surface area (Å²) in [6.07, 6.45) is -5.25. The molecule has 1 aliphatic heterocycles. The van der Waals surface area contributed by atoms with Crippen molar-refractivity contribution in [3.05, 3.63) is 0 Å². The number of aliphatic hydroxyl groups excluding tert-OH is 2. The Kier molecular flexibility index (Phi) is 4.24. The zero-order valence-electron chi connectivity index (χ0n) is 8.12. The van der Waals surface area contributed by atoms with Crippen LogP contribution < -0.4 is 5.11 Å². The van der Waals surface area contributed by atoms with Crippen LogP contribution in [-0.4, -0.2) is 61.7 Å². The normalized spacial score (nSPS) is 43.9. The summed E-state index contributed by atoms with van der Waals surface area (Å²) in [6.45, 7) is -0.331. The van der Waals surface area contributed by atoms with Crippen LogP contribution in [0.3, 0.4) is 0 Å². The van der Waals surface area contributed by atoms with Gasteiger partial charge in [0.15, 0.2) is 0 Å². The van der Waals surface area contributed by atoms with E-state index in [1.807, 2.05) is 0 Å². The van der Waals surface area contributed by atoms with E-state index in [2.05, 4.69) is 0 Å². The summed E-state index contributed by atoms with van der Waals surface area (Å²) in [5, 5.41) is 29.9. The first-order chi connectivity index (χ1) is 6.65. The van der Waals surface area contributed by atoms with Crippen LogP contribution in [0.5, 0.6) is 0 Å². The van der Waals surface area contributed by atoms with Gasteiger partial charge in [-0.15, -0.1) is 0 Å². The minimum Gasteiger partial charge on any atom is -0.846 e. The molecule has 0 aliphatic carbocycles. The van der Waals surface area contributed by atoms with Gasteiger partial charge in [-0.3, -0.25) is 0 Å². The van der Waals surface area contributed by atoms with Crippen molar-refractivity contribution in [3.8, 4) is 0 Å². The van der Waals surface area contributed by atoms with E-state index in [4.69, 9.17) is 19.3 Å². The first kappa shape index (κ1) is 11.8. The summed E-state index contributed by atoms with van der Waals surface area (Å²) in [5.41, 5.74) is 0. The van der Waals surface area contributed by atoms with Crippen LogP contribution in [-0.2, 0) is 14.2 Å². The highest BCUT2D eigenvalue weighted by Crippen LogP contribution is 2.21. The van der Waals surface area contributed by atoms with Crippen molar-refractivity contribution in [3.63, 3.8) is 0 Å². The van der Waals surface area contributed by atoms with Crippen LogP contribution in [0.2, 0.25) is 0 Å². The highest BCUT2D eigenvalue weighted by molar-refractivity contribution is 4.89. The third-order valence-corrected chi connectivity index (χ3v) is 2.30. The summed E-state index contributed by atoms with van der Waals surface area (Å²) in [6, 6.07) is 0. The van der Waals surface area contributed by atoms with Gasteiger partial charge < -0.3 is 29.5 Å². The Morgan fingerprint density at radius 3 is 2.43 bits per heavy atom. The first-order valence-electron chi connectivity index (χ1n) is 4.31. The van der Waals surface area contributed by atoms with E-state index < -0.39 is 30.7 Å². The van der Waals surface area contributed by atoms with Gasteiger partial charge >= 0.3 is 0 Å². The number of methoxy groups -OCH3 is 2. The van der Waals surface area contributed by atoms with E-state index in [-0.39, 0.29) is 6.61 Å². The van der Waals surface area contributed by atoms with Gasteiger partial charge in [0, 0.05) is 14.2 Å². The molecule has 6 heteroatoms. The van der Waals surface area contributed by atoms with Gasteiger partial charge in [-0.05, 0) is 6.10 Å². The molecule has 1 aliphatic rings. The van der Waals surface area contributed by atoms with Crippen LogP contribution in [0.1, 0.15) is 0 Å². The average molecular weight is 207 g/mol. The molecular formula is C8H15O6-. The fourth-order valence-electron chi connectivity index (χ4n) is 1.52. The van der Waals surface area contributed by atoms with Crippen molar-refractivity contribution in [2.75, 3.05) is 20.8 Å². The number of rotatable bonds is 3. The summed E-state index contributed by atoms with van der Waals surface area (Å²) in [4.78, 5) is 0. The van der Waals surface area contributed by atoms with Gasteiger partial charge in [-0.2, -0.15) is 0 Å². The van der Waals surface area contributed by atoms with E-state index >= 15 is 0 Å². The topological polar surface area (TPSA) is 91.2 Å². The predicted octanol–water partition coefficient (Wildman–Crippen LogP) is -2.55. The lowest BCUT2D eigenvalue weighted by atomic mass is 9.99. The van der Waals surface area contributed by atoms with Gasteiger partial charge in [0.2, 0.25) is 0 Å². The summed E-state index contributed by atoms with van der Waals surface area (Å²) in [5.74, 6) is 0. The second kappa shape index (κ2) is 5.01. The Bertz CT molecular complexity index is 173. The van der Waals surface area contributed by atoms with Crippen molar-refractivity contribution >= 4 is 0 Å². The van der Waals surface area contributed by atoms with Crippen molar-refractivity contribution in [2.45, 2.75) is 30.7 Å². The maximum absolute atomic E-state index is 11.4. The smallest absolute Gasteiger partial charge is 0.148 e. The summed E-state index contributed by atoms with van der Waals surface area (Å²) in [7, 11) is 2.66. The van der Waals surface area contributed by atoms with E-state index in [0.717, 1.165) is 0 Å². The van der Waals surface area contributed by atoms with Crippen molar-refractivity contribution in [2.24, 2.45) is 0 Å². The van der Waals surface area contributed by atoms with Crippen molar-refractivity contribution < 1.29 is 29.5 Å². The molecule has 1 heterocycles. The molecule has 0 radical (unpaired) electrons. The molecule has 0 spiro atoms. The van der Waals surface area contributed by atoms with Gasteiger partial charge in [0.25, 0.3) is 0 Å². The lowest BCUT2D eigenvalue weighted by molar-refractivity contribution is -0.500. The molecular weight excluding hydrogens is 192 g/mol. The monoisotopic (exact) mass is 207 g/mol. The van der Waals surface area contributed by atoms with Crippen LogP contribution in [0.25, 0.3) is 0 Å². The van der Waals surface area contributed by atoms with E-state index in [1.165, 1.54) is 14.2 Å². The lowest BCUT2D eigenvalue weighted by Crippen LogP contribution is -2.64. The van der Waals surface area contributed by atoms with Crippen molar-refractivity contribution in [1.29, 1.82) is 0 Å². The Morgan fingerprint density at radius 1 is 1.36 bits per heavy atom. The molecule has 6 nitrogen and oxygen atoms in total. The van der Waals surface area contributed by atoms with Crippen LogP contribution >= 0.6 is 0 Å². The lowest BCUT2D eigenvalue weighted by Gasteiger charge is -2.46. The zero-order chi connectivity index (χ0) is 10.7. The molecule has 1 fully saturated rings. The third-order valence-electron chi connectivity index (χ3n) is 2.30. The van der Waals surface area contributed by atoms with Gasteiger partial charge in [-0.1, -0.05) is 0 Å². The van der Waals surface area contributed by atoms with E-state index in [9.17, 15) is 10.2 Å². The Hall–Kier alpha value is -0.240. The molecule has 14 heavy (non-hydrogen) atoms. The van der Waals surface area contributed by atoms with Gasteiger partial charge in [-0.25, -0.2) is 0 Å². The van der Waals surface area contributed by atoms with Crippen LogP contribution in [0.15, 0.2) is 0 Å². The molecule has 0 aromatic rings. The Labute approximate surface area is 82.0 Å². The SMILES string of the molecule is CO[C@@H]1OC(CO)[C@H](OC)[C@H](O)C1[O-]. The molecule has 84 valence electrons. The highest BCUT2D eigenvalue weighted by atomic mass is 16.7. The Morgan fingerprint density at radius 2 is 2.00 bits per heavy atom. The molecule has 0 aromatic heterocycles. The van der Waals surface area contributed by atoms with Crippen molar-refractivity contribution in [1.82, 2.24) is 0 Å². The Balaban J connectivity index is 2.71. The zero-order valence-corrected chi connectivity index (χ0v) is 8.12. The molecule has 2 unspecified atom stereocenters. The molecule has 0 bridgehead atoms. The standard InChI is InChI=1S/C8H15O6/c1-12-7-4(3-9)14-8(13-2)6(11)5(7)10/h4-10H,3H2,1-2H3/q-1/t4?,5-,6?,7+,8-/m1/s1. The fraction of sp³-hybridized carbons (Fsp3) is 1.00. The first-order valence-corrected chi connectivity index (χ1v) is 4.31. The summed E-state index contributed by atoms with van der Waals surface area (Å²) >= 11 is 0. The van der Waals surface area contributed by atoms with E-state index in [0.29, 0.717) is 0 Å². The fourth-order valence-corrected chi connectivity index (χ4v) is 1.52.